The van der Waals surface area contributed by atoms with Crippen LogP contribution in [-0.2, 0) is 11.2 Å². The van der Waals surface area contributed by atoms with Crippen LogP contribution in [0.15, 0.2) is 30.3 Å². The van der Waals surface area contributed by atoms with Crippen LogP contribution in [0.1, 0.15) is 39.2 Å². The zero-order valence-electron chi connectivity index (χ0n) is 9.92. The van der Waals surface area contributed by atoms with E-state index in [0.717, 1.165) is 18.4 Å². The minimum atomic E-state index is -0.176. The normalized spacial score (nSPS) is 11.4. The Hall–Kier alpha value is -1.11. The van der Waals surface area contributed by atoms with E-state index < -0.39 is 0 Å². The summed E-state index contributed by atoms with van der Waals surface area (Å²) in [5.74, 6) is 0.343. The molecule has 15 heavy (non-hydrogen) atoms. The standard InChI is InChI=1S/C14H20O/c1-4-10-14(2,3)13(15)11-12-8-6-5-7-9-12/h5-9H,4,10-11H2,1-3H3. The van der Waals surface area contributed by atoms with E-state index in [2.05, 4.69) is 6.92 Å². The predicted molar refractivity (Wildman–Crippen MR) is 63.8 cm³/mol. The topological polar surface area (TPSA) is 17.1 Å². The van der Waals surface area contributed by atoms with Gasteiger partial charge in [-0.05, 0) is 12.0 Å². The van der Waals surface area contributed by atoms with Gasteiger partial charge in [0.1, 0.15) is 5.78 Å². The molecule has 0 spiro atoms. The van der Waals surface area contributed by atoms with Crippen molar-refractivity contribution in [3.63, 3.8) is 0 Å². The molecule has 1 nitrogen and oxygen atoms in total. The van der Waals surface area contributed by atoms with Crippen molar-refractivity contribution in [3.8, 4) is 0 Å². The van der Waals surface area contributed by atoms with Crippen LogP contribution in [0.2, 0.25) is 0 Å². The first-order valence-corrected chi connectivity index (χ1v) is 5.63. The molecular formula is C14H20O. The molecule has 0 radical (unpaired) electrons. The van der Waals surface area contributed by atoms with Crippen molar-refractivity contribution in [2.24, 2.45) is 5.41 Å². The Morgan fingerprint density at radius 3 is 2.33 bits per heavy atom. The fourth-order valence-electron chi connectivity index (χ4n) is 1.78. The zero-order valence-corrected chi connectivity index (χ0v) is 9.92. The van der Waals surface area contributed by atoms with E-state index in [4.69, 9.17) is 0 Å². The number of carbonyl (C=O) groups excluding carboxylic acids is 1. The summed E-state index contributed by atoms with van der Waals surface area (Å²) >= 11 is 0. The molecule has 0 bridgehead atoms. The second kappa shape index (κ2) is 5.11. The van der Waals surface area contributed by atoms with E-state index in [-0.39, 0.29) is 5.41 Å². The van der Waals surface area contributed by atoms with E-state index in [1.165, 1.54) is 0 Å². The molecule has 0 aliphatic heterocycles. The molecule has 1 heteroatoms. The van der Waals surface area contributed by atoms with Crippen molar-refractivity contribution in [1.29, 1.82) is 0 Å². The summed E-state index contributed by atoms with van der Waals surface area (Å²) in [5.41, 5.74) is 0.941. The Morgan fingerprint density at radius 2 is 1.80 bits per heavy atom. The second-order valence-electron chi connectivity index (χ2n) is 4.72. The number of rotatable bonds is 5. The summed E-state index contributed by atoms with van der Waals surface area (Å²) in [7, 11) is 0. The predicted octanol–water partition coefficient (Wildman–Crippen LogP) is 3.62. The highest BCUT2D eigenvalue weighted by Crippen LogP contribution is 2.25. The first-order chi connectivity index (χ1) is 7.06. The molecule has 0 aliphatic carbocycles. The molecule has 0 saturated heterocycles. The number of ketones is 1. The van der Waals surface area contributed by atoms with Crippen LogP contribution in [-0.4, -0.2) is 5.78 Å². The van der Waals surface area contributed by atoms with Gasteiger partial charge in [0.05, 0.1) is 0 Å². The van der Waals surface area contributed by atoms with Crippen LogP contribution >= 0.6 is 0 Å². The minimum absolute atomic E-state index is 0.176. The first kappa shape index (κ1) is 12.0. The fourth-order valence-corrected chi connectivity index (χ4v) is 1.78. The maximum absolute atomic E-state index is 12.0. The van der Waals surface area contributed by atoms with Gasteiger partial charge in [0.25, 0.3) is 0 Å². The van der Waals surface area contributed by atoms with Crippen LogP contribution in [0.4, 0.5) is 0 Å². The lowest BCUT2D eigenvalue weighted by molar-refractivity contribution is -0.126. The molecule has 1 aromatic carbocycles. The van der Waals surface area contributed by atoms with Crippen molar-refractivity contribution >= 4 is 5.78 Å². The third kappa shape index (κ3) is 3.50. The largest absolute Gasteiger partial charge is 0.299 e. The summed E-state index contributed by atoms with van der Waals surface area (Å²) in [4.78, 5) is 12.0. The Balaban J connectivity index is 2.63. The molecule has 0 aromatic heterocycles. The Morgan fingerprint density at radius 1 is 1.20 bits per heavy atom. The average molecular weight is 204 g/mol. The highest BCUT2D eigenvalue weighted by atomic mass is 16.1. The van der Waals surface area contributed by atoms with E-state index in [1.807, 2.05) is 44.2 Å². The third-order valence-electron chi connectivity index (χ3n) is 2.84. The zero-order chi connectivity index (χ0) is 11.3. The fraction of sp³-hybridized carbons (Fsp3) is 0.500. The summed E-state index contributed by atoms with van der Waals surface area (Å²) in [6.45, 7) is 6.21. The Labute approximate surface area is 92.5 Å². The van der Waals surface area contributed by atoms with Gasteiger partial charge < -0.3 is 0 Å². The number of benzene rings is 1. The molecule has 0 amide bonds. The van der Waals surface area contributed by atoms with Crippen molar-refractivity contribution in [2.75, 3.05) is 0 Å². The first-order valence-electron chi connectivity index (χ1n) is 5.63. The maximum Gasteiger partial charge on any atom is 0.142 e. The van der Waals surface area contributed by atoms with Gasteiger partial charge >= 0.3 is 0 Å². The van der Waals surface area contributed by atoms with Gasteiger partial charge in [-0.2, -0.15) is 0 Å². The molecule has 1 rings (SSSR count). The summed E-state index contributed by atoms with van der Waals surface area (Å²) in [6, 6.07) is 9.97. The third-order valence-corrected chi connectivity index (χ3v) is 2.84. The van der Waals surface area contributed by atoms with Gasteiger partial charge in [-0.15, -0.1) is 0 Å². The van der Waals surface area contributed by atoms with Crippen molar-refractivity contribution in [1.82, 2.24) is 0 Å². The van der Waals surface area contributed by atoms with Crippen LogP contribution in [0, 0.1) is 5.41 Å². The van der Waals surface area contributed by atoms with Crippen molar-refractivity contribution in [2.45, 2.75) is 40.0 Å². The number of hydrogen-bond donors (Lipinski definition) is 0. The molecule has 1 aromatic rings. The average Bonchev–Trinajstić information content (AvgIpc) is 2.19. The molecule has 0 aliphatic rings. The van der Waals surface area contributed by atoms with Gasteiger partial charge in [0.15, 0.2) is 0 Å². The molecule has 0 unspecified atom stereocenters. The quantitative estimate of drug-likeness (QED) is 0.716. The van der Waals surface area contributed by atoms with Gasteiger partial charge in [0.2, 0.25) is 0 Å². The van der Waals surface area contributed by atoms with Crippen LogP contribution < -0.4 is 0 Å². The molecule has 0 fully saturated rings. The number of carbonyl (C=O) groups is 1. The van der Waals surface area contributed by atoms with Crippen molar-refractivity contribution in [3.05, 3.63) is 35.9 Å². The van der Waals surface area contributed by atoms with Gasteiger partial charge in [0, 0.05) is 11.8 Å². The molecule has 0 heterocycles. The van der Waals surface area contributed by atoms with Crippen LogP contribution in [0.25, 0.3) is 0 Å². The summed E-state index contributed by atoms with van der Waals surface area (Å²) in [5, 5.41) is 0. The Kier molecular flexibility index (Phi) is 4.07. The van der Waals surface area contributed by atoms with Gasteiger partial charge in [-0.25, -0.2) is 0 Å². The molecular weight excluding hydrogens is 184 g/mol. The smallest absolute Gasteiger partial charge is 0.142 e. The molecule has 82 valence electrons. The van der Waals surface area contributed by atoms with Gasteiger partial charge in [-0.3, -0.25) is 4.79 Å². The second-order valence-corrected chi connectivity index (χ2v) is 4.72. The van der Waals surface area contributed by atoms with E-state index in [1.54, 1.807) is 0 Å². The monoisotopic (exact) mass is 204 g/mol. The van der Waals surface area contributed by atoms with Gasteiger partial charge in [-0.1, -0.05) is 57.5 Å². The minimum Gasteiger partial charge on any atom is -0.299 e. The van der Waals surface area contributed by atoms with E-state index in [0.29, 0.717) is 12.2 Å². The SMILES string of the molecule is CCCC(C)(C)C(=O)Cc1ccccc1. The summed E-state index contributed by atoms with van der Waals surface area (Å²) in [6.07, 6.45) is 2.60. The van der Waals surface area contributed by atoms with Crippen LogP contribution in [0.3, 0.4) is 0 Å². The highest BCUT2D eigenvalue weighted by Gasteiger charge is 2.25. The lowest BCUT2D eigenvalue weighted by atomic mass is 9.81. The maximum atomic E-state index is 12.0. The van der Waals surface area contributed by atoms with Crippen LogP contribution in [0.5, 0.6) is 0 Å². The van der Waals surface area contributed by atoms with E-state index >= 15 is 0 Å². The molecule has 0 saturated carbocycles. The highest BCUT2D eigenvalue weighted by molar-refractivity contribution is 5.86. The lowest BCUT2D eigenvalue weighted by Gasteiger charge is -2.22. The number of hydrogen-bond acceptors (Lipinski definition) is 1. The lowest BCUT2D eigenvalue weighted by Crippen LogP contribution is -2.25. The summed E-state index contributed by atoms with van der Waals surface area (Å²) < 4.78 is 0. The van der Waals surface area contributed by atoms with E-state index in [9.17, 15) is 4.79 Å². The van der Waals surface area contributed by atoms with Crippen molar-refractivity contribution < 1.29 is 4.79 Å². The Bertz CT molecular complexity index is 311. The molecule has 0 N–H and O–H groups in total. The molecule has 0 atom stereocenters. The number of Topliss-reactive ketones (excluding diaryl/α,β-unsaturated/α-hetero) is 1.